The molecule has 0 spiro atoms. The van der Waals surface area contributed by atoms with Crippen molar-refractivity contribution in [2.45, 2.75) is 0 Å². The van der Waals surface area contributed by atoms with Gasteiger partial charge in [0.15, 0.2) is 0 Å². The minimum Gasteiger partial charge on any atom is -0.306 e. The van der Waals surface area contributed by atoms with Crippen LogP contribution in [0.2, 0.25) is 0 Å². The molecule has 0 aliphatic carbocycles. The number of aromatic nitrogens is 2. The second-order valence-electron chi connectivity index (χ2n) is 3.76. The maximum Gasteiger partial charge on any atom is 0.323 e. The predicted octanol–water partition coefficient (Wildman–Crippen LogP) is 2.91. The van der Waals surface area contributed by atoms with Gasteiger partial charge in [0, 0.05) is 10.0 Å². The Morgan fingerprint density at radius 3 is 2.61 bits per heavy atom. The lowest BCUT2D eigenvalue weighted by molar-refractivity contribution is 0.104. The summed E-state index contributed by atoms with van der Waals surface area (Å²) < 4.78 is 0.670. The first-order valence-electron chi connectivity index (χ1n) is 5.15. The lowest BCUT2D eigenvalue weighted by Gasteiger charge is -2.02. The van der Waals surface area contributed by atoms with Gasteiger partial charge in [-0.15, -0.1) is 11.3 Å². The van der Waals surface area contributed by atoms with Crippen LogP contribution in [0.4, 0.5) is 0 Å². The van der Waals surface area contributed by atoms with Gasteiger partial charge in [-0.25, -0.2) is 4.79 Å². The molecule has 3 rings (SSSR count). The first kappa shape index (κ1) is 11.4. The quantitative estimate of drug-likeness (QED) is 0.712. The molecule has 0 aliphatic rings. The highest BCUT2D eigenvalue weighted by Gasteiger charge is 2.15. The van der Waals surface area contributed by atoms with E-state index in [-0.39, 0.29) is 11.5 Å². The number of benzene rings is 1. The van der Waals surface area contributed by atoms with Crippen molar-refractivity contribution >= 4 is 44.1 Å². The molecule has 2 heterocycles. The van der Waals surface area contributed by atoms with Crippen LogP contribution in [0.25, 0.3) is 11.0 Å². The van der Waals surface area contributed by atoms with Gasteiger partial charge >= 0.3 is 5.69 Å². The molecular weight excluding hydrogens is 316 g/mol. The van der Waals surface area contributed by atoms with Gasteiger partial charge in [0.1, 0.15) is 0 Å². The number of carbonyl (C=O) groups is 1. The van der Waals surface area contributed by atoms with E-state index in [0.29, 0.717) is 25.9 Å². The minimum atomic E-state index is -0.280. The van der Waals surface area contributed by atoms with Crippen molar-refractivity contribution in [2.24, 2.45) is 0 Å². The summed E-state index contributed by atoms with van der Waals surface area (Å²) in [5, 5.41) is 1.86. The van der Waals surface area contributed by atoms with Crippen LogP contribution in [0, 0.1) is 0 Å². The topological polar surface area (TPSA) is 65.7 Å². The van der Waals surface area contributed by atoms with Crippen molar-refractivity contribution in [1.82, 2.24) is 9.97 Å². The standard InChI is InChI=1S/C12H7BrN2O2S/c13-7-5-9-8(14-12(17)15-9)4-6(7)11(16)10-2-1-3-18-10/h1-5H,(H2,14,15,17). The third-order valence-electron chi connectivity index (χ3n) is 2.59. The molecule has 2 aromatic heterocycles. The molecule has 0 radical (unpaired) electrons. The van der Waals surface area contributed by atoms with Gasteiger partial charge < -0.3 is 9.97 Å². The molecule has 0 saturated carbocycles. The van der Waals surface area contributed by atoms with E-state index in [9.17, 15) is 9.59 Å². The molecule has 0 amide bonds. The lowest BCUT2D eigenvalue weighted by atomic mass is 10.1. The number of carbonyl (C=O) groups excluding carboxylic acids is 1. The van der Waals surface area contributed by atoms with E-state index in [4.69, 9.17) is 0 Å². The summed E-state index contributed by atoms with van der Waals surface area (Å²) in [5.74, 6) is -0.0548. The Labute approximate surface area is 114 Å². The number of rotatable bonds is 2. The number of nitrogens with one attached hydrogen (secondary N) is 2. The van der Waals surface area contributed by atoms with Crippen LogP contribution in [0.1, 0.15) is 15.2 Å². The Morgan fingerprint density at radius 1 is 1.22 bits per heavy atom. The highest BCUT2D eigenvalue weighted by atomic mass is 79.9. The zero-order chi connectivity index (χ0) is 12.7. The molecule has 0 bridgehead atoms. The van der Waals surface area contributed by atoms with Crippen LogP contribution in [-0.4, -0.2) is 15.8 Å². The molecule has 3 aromatic rings. The summed E-state index contributed by atoms with van der Waals surface area (Å²) in [6.07, 6.45) is 0. The number of fused-ring (bicyclic) bond motifs is 1. The number of halogens is 1. The average Bonchev–Trinajstić information content (AvgIpc) is 2.94. The van der Waals surface area contributed by atoms with E-state index < -0.39 is 0 Å². The third kappa shape index (κ3) is 1.83. The molecule has 0 aliphatic heterocycles. The highest BCUT2D eigenvalue weighted by Crippen LogP contribution is 2.25. The molecule has 0 saturated heterocycles. The fourth-order valence-corrected chi connectivity index (χ4v) is 2.97. The molecule has 18 heavy (non-hydrogen) atoms. The number of hydrogen-bond donors (Lipinski definition) is 2. The monoisotopic (exact) mass is 322 g/mol. The van der Waals surface area contributed by atoms with E-state index in [1.807, 2.05) is 11.4 Å². The summed E-state index contributed by atoms with van der Waals surface area (Å²) in [6.45, 7) is 0. The average molecular weight is 323 g/mol. The normalized spacial score (nSPS) is 10.9. The maximum atomic E-state index is 12.3. The van der Waals surface area contributed by atoms with Crippen molar-refractivity contribution in [2.75, 3.05) is 0 Å². The highest BCUT2D eigenvalue weighted by molar-refractivity contribution is 9.10. The molecular formula is C12H7BrN2O2S. The van der Waals surface area contributed by atoms with Gasteiger partial charge in [0.25, 0.3) is 0 Å². The number of imidazole rings is 1. The molecule has 90 valence electrons. The summed E-state index contributed by atoms with van der Waals surface area (Å²) in [6, 6.07) is 7.03. The van der Waals surface area contributed by atoms with Gasteiger partial charge in [-0.3, -0.25) is 4.79 Å². The van der Waals surface area contributed by atoms with Gasteiger partial charge in [-0.1, -0.05) is 6.07 Å². The second kappa shape index (κ2) is 4.22. The van der Waals surface area contributed by atoms with E-state index in [1.165, 1.54) is 11.3 Å². The number of hydrogen-bond acceptors (Lipinski definition) is 3. The zero-order valence-electron chi connectivity index (χ0n) is 8.99. The molecule has 4 nitrogen and oxygen atoms in total. The van der Waals surface area contributed by atoms with Crippen LogP contribution in [-0.2, 0) is 0 Å². The van der Waals surface area contributed by atoms with Gasteiger partial charge in [0.05, 0.1) is 15.9 Å². The summed E-state index contributed by atoms with van der Waals surface area (Å²) in [7, 11) is 0. The third-order valence-corrected chi connectivity index (χ3v) is 4.12. The largest absolute Gasteiger partial charge is 0.323 e. The van der Waals surface area contributed by atoms with Crippen molar-refractivity contribution in [3.05, 3.63) is 55.0 Å². The van der Waals surface area contributed by atoms with Crippen molar-refractivity contribution in [3.8, 4) is 0 Å². The minimum absolute atomic E-state index is 0.0548. The molecule has 0 atom stereocenters. The SMILES string of the molecule is O=C(c1cccs1)c1cc2[nH]c(=O)[nH]c2cc1Br. The number of aromatic amines is 2. The van der Waals surface area contributed by atoms with E-state index in [0.717, 1.165) is 0 Å². The smallest absolute Gasteiger partial charge is 0.306 e. The summed E-state index contributed by atoms with van der Waals surface area (Å²) in [5.41, 5.74) is 1.57. The Morgan fingerprint density at radius 2 is 1.94 bits per heavy atom. The number of H-pyrrole nitrogens is 2. The Kier molecular flexibility index (Phi) is 2.68. The Balaban J connectivity index is 2.20. The molecule has 0 unspecified atom stereocenters. The van der Waals surface area contributed by atoms with Crippen LogP contribution in [0.5, 0.6) is 0 Å². The summed E-state index contributed by atoms with van der Waals surface area (Å²) in [4.78, 5) is 29.4. The van der Waals surface area contributed by atoms with Gasteiger partial charge in [-0.2, -0.15) is 0 Å². The van der Waals surface area contributed by atoms with Crippen LogP contribution >= 0.6 is 27.3 Å². The van der Waals surface area contributed by atoms with E-state index >= 15 is 0 Å². The van der Waals surface area contributed by atoms with Crippen molar-refractivity contribution in [1.29, 1.82) is 0 Å². The lowest BCUT2D eigenvalue weighted by Crippen LogP contribution is -2.00. The summed E-state index contributed by atoms with van der Waals surface area (Å²) >= 11 is 4.76. The van der Waals surface area contributed by atoms with Gasteiger partial charge in [0.2, 0.25) is 5.78 Å². The first-order chi connectivity index (χ1) is 8.65. The molecule has 6 heteroatoms. The number of thiophene rings is 1. The van der Waals surface area contributed by atoms with Crippen LogP contribution in [0.15, 0.2) is 38.9 Å². The van der Waals surface area contributed by atoms with Crippen LogP contribution in [0.3, 0.4) is 0 Å². The maximum absolute atomic E-state index is 12.3. The molecule has 1 aromatic carbocycles. The van der Waals surface area contributed by atoms with E-state index in [1.54, 1.807) is 18.2 Å². The molecule has 0 fully saturated rings. The zero-order valence-corrected chi connectivity index (χ0v) is 11.4. The van der Waals surface area contributed by atoms with Crippen molar-refractivity contribution < 1.29 is 4.79 Å². The fraction of sp³-hybridized carbons (Fsp3) is 0. The predicted molar refractivity (Wildman–Crippen MR) is 74.4 cm³/mol. The van der Waals surface area contributed by atoms with Crippen LogP contribution < -0.4 is 5.69 Å². The first-order valence-corrected chi connectivity index (χ1v) is 6.82. The van der Waals surface area contributed by atoms with Gasteiger partial charge in [-0.05, 0) is 39.5 Å². The van der Waals surface area contributed by atoms with E-state index in [2.05, 4.69) is 25.9 Å². The Bertz CT molecular complexity index is 786. The Hall–Kier alpha value is -1.66. The molecule has 2 N–H and O–H groups in total. The number of ketones is 1. The fourth-order valence-electron chi connectivity index (χ4n) is 1.77. The second-order valence-corrected chi connectivity index (χ2v) is 5.57. The van der Waals surface area contributed by atoms with Crippen molar-refractivity contribution in [3.63, 3.8) is 0 Å².